The van der Waals surface area contributed by atoms with E-state index in [9.17, 15) is 13.5 Å². The van der Waals surface area contributed by atoms with E-state index in [2.05, 4.69) is 4.72 Å². The lowest BCUT2D eigenvalue weighted by Crippen LogP contribution is -2.35. The van der Waals surface area contributed by atoms with Gasteiger partial charge < -0.3 is 5.11 Å². The first kappa shape index (κ1) is 15.5. The molecule has 0 amide bonds. The SMILES string of the molecule is Cc1ccc(C)c(S(=O)(=O)NCC(O)C2CCCC2)c1. The Hall–Kier alpha value is -0.910. The summed E-state index contributed by atoms with van der Waals surface area (Å²) in [5, 5.41) is 10.1. The molecule has 5 heteroatoms. The van der Waals surface area contributed by atoms with Crippen molar-refractivity contribution in [2.75, 3.05) is 6.54 Å². The third kappa shape index (κ3) is 3.59. The van der Waals surface area contributed by atoms with Gasteiger partial charge in [-0.2, -0.15) is 0 Å². The van der Waals surface area contributed by atoms with Crippen molar-refractivity contribution in [3.63, 3.8) is 0 Å². The Morgan fingerprint density at radius 3 is 2.60 bits per heavy atom. The highest BCUT2D eigenvalue weighted by atomic mass is 32.2. The first-order chi connectivity index (χ1) is 9.40. The Bertz CT molecular complexity index is 562. The second kappa shape index (κ2) is 6.24. The zero-order chi connectivity index (χ0) is 14.8. The van der Waals surface area contributed by atoms with Crippen molar-refractivity contribution < 1.29 is 13.5 Å². The Kier molecular flexibility index (Phi) is 4.83. The van der Waals surface area contributed by atoms with Crippen molar-refractivity contribution >= 4 is 10.0 Å². The lowest BCUT2D eigenvalue weighted by atomic mass is 10.0. The fourth-order valence-electron chi connectivity index (χ4n) is 2.78. The average Bonchev–Trinajstić information content (AvgIpc) is 2.93. The minimum absolute atomic E-state index is 0.0976. The molecule has 112 valence electrons. The fraction of sp³-hybridized carbons (Fsp3) is 0.600. The van der Waals surface area contributed by atoms with Gasteiger partial charge in [-0.1, -0.05) is 25.0 Å². The number of rotatable bonds is 5. The molecule has 0 spiro atoms. The maximum atomic E-state index is 12.3. The molecule has 1 unspecified atom stereocenters. The molecule has 1 saturated carbocycles. The quantitative estimate of drug-likeness (QED) is 0.875. The van der Waals surface area contributed by atoms with E-state index in [-0.39, 0.29) is 12.5 Å². The van der Waals surface area contributed by atoms with Crippen LogP contribution in [0.1, 0.15) is 36.8 Å². The molecule has 1 aromatic carbocycles. The topological polar surface area (TPSA) is 66.4 Å². The van der Waals surface area contributed by atoms with Crippen molar-refractivity contribution in [2.24, 2.45) is 5.92 Å². The smallest absolute Gasteiger partial charge is 0.240 e. The van der Waals surface area contributed by atoms with Crippen LogP contribution in [0.25, 0.3) is 0 Å². The summed E-state index contributed by atoms with van der Waals surface area (Å²) in [6.45, 7) is 3.74. The Labute approximate surface area is 121 Å². The van der Waals surface area contributed by atoms with E-state index >= 15 is 0 Å². The minimum atomic E-state index is -3.55. The molecule has 20 heavy (non-hydrogen) atoms. The van der Waals surface area contributed by atoms with Crippen LogP contribution >= 0.6 is 0 Å². The number of aliphatic hydroxyl groups is 1. The molecule has 1 aliphatic rings. The van der Waals surface area contributed by atoms with Crippen LogP contribution in [0.3, 0.4) is 0 Å². The number of nitrogens with one attached hydrogen (secondary N) is 1. The molecule has 0 bridgehead atoms. The summed E-state index contributed by atoms with van der Waals surface area (Å²) in [5.74, 6) is 0.233. The van der Waals surface area contributed by atoms with Crippen molar-refractivity contribution in [2.45, 2.75) is 50.5 Å². The lowest BCUT2D eigenvalue weighted by molar-refractivity contribution is 0.115. The van der Waals surface area contributed by atoms with Crippen LogP contribution in [0, 0.1) is 19.8 Å². The van der Waals surface area contributed by atoms with Gasteiger partial charge in [0.05, 0.1) is 11.0 Å². The summed E-state index contributed by atoms with van der Waals surface area (Å²) < 4.78 is 27.1. The monoisotopic (exact) mass is 297 g/mol. The largest absolute Gasteiger partial charge is 0.391 e. The van der Waals surface area contributed by atoms with E-state index in [0.717, 1.165) is 36.8 Å². The third-order valence-corrected chi connectivity index (χ3v) is 5.63. The van der Waals surface area contributed by atoms with Gasteiger partial charge in [-0.3, -0.25) is 0 Å². The summed E-state index contributed by atoms with van der Waals surface area (Å²) >= 11 is 0. The van der Waals surface area contributed by atoms with Crippen LogP contribution < -0.4 is 4.72 Å². The molecule has 1 atom stereocenters. The van der Waals surface area contributed by atoms with Gasteiger partial charge in [-0.05, 0) is 49.8 Å². The van der Waals surface area contributed by atoms with Crippen LogP contribution in [-0.2, 0) is 10.0 Å². The average molecular weight is 297 g/mol. The molecule has 4 nitrogen and oxygen atoms in total. The lowest BCUT2D eigenvalue weighted by Gasteiger charge is -2.18. The molecule has 1 fully saturated rings. The standard InChI is InChI=1S/C15H23NO3S/c1-11-7-8-12(2)15(9-11)20(18,19)16-10-14(17)13-5-3-4-6-13/h7-9,13-14,16-17H,3-6,10H2,1-2H3. The molecule has 0 heterocycles. The van der Waals surface area contributed by atoms with Crippen molar-refractivity contribution in [3.05, 3.63) is 29.3 Å². The second-order valence-corrected chi connectivity index (χ2v) is 7.47. The van der Waals surface area contributed by atoms with Gasteiger partial charge in [0.2, 0.25) is 10.0 Å². The number of hydrogen-bond donors (Lipinski definition) is 2. The summed E-state index contributed by atoms with van der Waals surface area (Å²) in [6, 6.07) is 5.36. The van der Waals surface area contributed by atoms with E-state index < -0.39 is 16.1 Å². The minimum Gasteiger partial charge on any atom is -0.391 e. The molecule has 1 aliphatic carbocycles. The third-order valence-electron chi connectivity index (χ3n) is 4.06. The first-order valence-electron chi connectivity index (χ1n) is 7.15. The van der Waals surface area contributed by atoms with Crippen LogP contribution in [0.15, 0.2) is 23.1 Å². The molecule has 0 aromatic heterocycles. The van der Waals surface area contributed by atoms with Gasteiger partial charge in [0.15, 0.2) is 0 Å². The number of hydrogen-bond acceptors (Lipinski definition) is 3. The van der Waals surface area contributed by atoms with Crippen LogP contribution in [-0.4, -0.2) is 26.2 Å². The molecule has 0 radical (unpaired) electrons. The summed E-state index contributed by atoms with van der Waals surface area (Å²) in [4.78, 5) is 0.302. The molecular formula is C15H23NO3S. The molecular weight excluding hydrogens is 274 g/mol. The van der Waals surface area contributed by atoms with Crippen molar-refractivity contribution in [3.8, 4) is 0 Å². The van der Waals surface area contributed by atoms with E-state index in [1.54, 1.807) is 19.1 Å². The Morgan fingerprint density at radius 2 is 1.95 bits per heavy atom. The predicted octanol–water partition coefficient (Wildman–Crippen LogP) is 2.13. The van der Waals surface area contributed by atoms with Gasteiger partial charge in [0, 0.05) is 6.54 Å². The van der Waals surface area contributed by atoms with Gasteiger partial charge in [-0.15, -0.1) is 0 Å². The van der Waals surface area contributed by atoms with Gasteiger partial charge >= 0.3 is 0 Å². The maximum absolute atomic E-state index is 12.3. The van der Waals surface area contributed by atoms with E-state index in [1.807, 2.05) is 13.0 Å². The van der Waals surface area contributed by atoms with Crippen LogP contribution in [0.2, 0.25) is 0 Å². The van der Waals surface area contributed by atoms with Gasteiger partial charge in [0.1, 0.15) is 0 Å². The zero-order valence-corrected chi connectivity index (χ0v) is 12.9. The van der Waals surface area contributed by atoms with Gasteiger partial charge in [-0.25, -0.2) is 13.1 Å². The highest BCUT2D eigenvalue weighted by Gasteiger charge is 2.25. The van der Waals surface area contributed by atoms with Crippen LogP contribution in [0.4, 0.5) is 0 Å². The zero-order valence-electron chi connectivity index (χ0n) is 12.1. The highest BCUT2D eigenvalue weighted by molar-refractivity contribution is 7.89. The highest BCUT2D eigenvalue weighted by Crippen LogP contribution is 2.27. The molecule has 0 saturated heterocycles. The summed E-state index contributed by atoms with van der Waals surface area (Å²) in [7, 11) is -3.55. The molecule has 0 aliphatic heterocycles. The first-order valence-corrected chi connectivity index (χ1v) is 8.63. The number of benzene rings is 1. The van der Waals surface area contributed by atoms with Crippen molar-refractivity contribution in [1.29, 1.82) is 0 Å². The maximum Gasteiger partial charge on any atom is 0.240 e. The van der Waals surface area contributed by atoms with Crippen LogP contribution in [0.5, 0.6) is 0 Å². The Balaban J connectivity index is 2.05. The molecule has 2 rings (SSSR count). The van der Waals surface area contributed by atoms with Gasteiger partial charge in [0.25, 0.3) is 0 Å². The number of aryl methyl sites for hydroxylation is 2. The summed E-state index contributed by atoms with van der Waals surface area (Å²) in [6.07, 6.45) is 3.66. The van der Waals surface area contributed by atoms with E-state index in [4.69, 9.17) is 0 Å². The number of aliphatic hydroxyl groups excluding tert-OH is 1. The predicted molar refractivity (Wildman–Crippen MR) is 79.1 cm³/mol. The fourth-order valence-corrected chi connectivity index (χ4v) is 4.16. The summed E-state index contributed by atoms with van der Waals surface area (Å²) in [5.41, 5.74) is 1.63. The number of sulfonamides is 1. The molecule has 2 N–H and O–H groups in total. The second-order valence-electron chi connectivity index (χ2n) is 5.73. The van der Waals surface area contributed by atoms with E-state index in [1.165, 1.54) is 0 Å². The van der Waals surface area contributed by atoms with Crippen molar-refractivity contribution in [1.82, 2.24) is 4.72 Å². The Morgan fingerprint density at radius 1 is 1.30 bits per heavy atom. The molecule has 1 aromatic rings. The van der Waals surface area contributed by atoms with E-state index in [0.29, 0.717) is 4.90 Å². The normalized spacial score (nSPS) is 18.4.